The molecule has 0 amide bonds. The maximum Gasteiger partial charge on any atom is 0.230 e. The molecule has 0 aliphatic carbocycles. The number of benzene rings is 2. The van der Waals surface area contributed by atoms with Gasteiger partial charge in [0.2, 0.25) is 11.2 Å². The molecule has 0 fully saturated rings. The van der Waals surface area contributed by atoms with Crippen molar-refractivity contribution in [1.29, 1.82) is 10.5 Å². The number of nitrogens with two attached hydrogens (primary N) is 1. The number of H-pyrrole nitrogens is 2. The summed E-state index contributed by atoms with van der Waals surface area (Å²) in [7, 11) is 0. The molecule has 0 aliphatic rings. The predicted octanol–water partition coefficient (Wildman–Crippen LogP) is 7.61. The van der Waals surface area contributed by atoms with Crippen molar-refractivity contribution in [2.75, 3.05) is 21.7 Å². The van der Waals surface area contributed by atoms with E-state index in [1.54, 1.807) is 24.3 Å². The van der Waals surface area contributed by atoms with Gasteiger partial charge in [-0.1, -0.05) is 47.5 Å². The van der Waals surface area contributed by atoms with Gasteiger partial charge in [-0.25, -0.2) is 15.0 Å². The van der Waals surface area contributed by atoms with Crippen molar-refractivity contribution in [2.45, 2.75) is 26.7 Å². The van der Waals surface area contributed by atoms with Gasteiger partial charge in [0.05, 0.1) is 25.0 Å². The van der Waals surface area contributed by atoms with Crippen molar-refractivity contribution >= 4 is 75.4 Å². The van der Waals surface area contributed by atoms with Crippen LogP contribution in [0, 0.1) is 36.5 Å². The second kappa shape index (κ2) is 17.8. The van der Waals surface area contributed by atoms with Gasteiger partial charge in [0, 0.05) is 47.0 Å². The molecule has 7 N–H and O–H groups in total. The minimum absolute atomic E-state index is 0.0947. The summed E-state index contributed by atoms with van der Waals surface area (Å²) in [5.74, 6) is 2.70. The van der Waals surface area contributed by atoms with E-state index in [1.165, 1.54) is 0 Å². The lowest BCUT2D eigenvalue weighted by molar-refractivity contribution is 1.05. The first-order valence-corrected chi connectivity index (χ1v) is 15.5. The van der Waals surface area contributed by atoms with Crippen LogP contribution in [0.1, 0.15) is 22.5 Å². The van der Waals surface area contributed by atoms with Gasteiger partial charge in [-0.15, -0.1) is 0 Å². The summed E-state index contributed by atoms with van der Waals surface area (Å²) in [5.41, 5.74) is 10.8. The number of aromatic amines is 2. The Morgan fingerprint density at radius 3 is 1.59 bits per heavy atom. The summed E-state index contributed by atoms with van der Waals surface area (Å²) in [4.78, 5) is 16.2. The molecule has 0 saturated heterocycles. The number of aryl methyl sites for hydroxylation is 2. The molecule has 49 heavy (non-hydrogen) atoms. The Balaban J connectivity index is 0.000000184. The number of aromatic nitrogens is 8. The Kier molecular flexibility index (Phi) is 13.1. The topological polar surface area (TPSA) is 219 Å². The average molecular weight is 716 g/mol. The number of halogens is 3. The molecule has 4 aromatic heterocycles. The van der Waals surface area contributed by atoms with E-state index in [-0.39, 0.29) is 10.4 Å². The van der Waals surface area contributed by atoms with Crippen LogP contribution in [-0.2, 0) is 12.8 Å². The van der Waals surface area contributed by atoms with Gasteiger partial charge in [0.25, 0.3) is 0 Å². The van der Waals surface area contributed by atoms with E-state index in [2.05, 4.69) is 68.4 Å². The number of anilines is 7. The van der Waals surface area contributed by atoms with Crippen LogP contribution in [0.3, 0.4) is 0 Å². The van der Waals surface area contributed by atoms with E-state index in [1.807, 2.05) is 62.4 Å². The zero-order chi connectivity index (χ0) is 35.2. The SMILES string of the molecule is Cc1cc(Nc2cc(Cl)nc(Cl)n2)n[nH]1.Cc1cc(Nc2cc(Cl)nc(Nc3ccc(CC#N)cc3)n2)n[nH]1.N#CCc1ccc(N)cc1. The maximum atomic E-state index is 8.69. The van der Waals surface area contributed by atoms with Crippen LogP contribution in [0.15, 0.2) is 72.8 Å². The minimum atomic E-state index is 0.0947. The number of nitriles is 2. The average Bonchev–Trinajstić information content (AvgIpc) is 3.66. The van der Waals surface area contributed by atoms with Crippen molar-refractivity contribution in [3.8, 4) is 12.1 Å². The lowest BCUT2D eigenvalue weighted by atomic mass is 10.1. The molecule has 0 aliphatic heterocycles. The smallest absolute Gasteiger partial charge is 0.230 e. The normalized spacial score (nSPS) is 9.94. The maximum absolute atomic E-state index is 8.69. The third-order valence-corrected chi connectivity index (χ3v) is 6.60. The highest BCUT2D eigenvalue weighted by atomic mass is 35.5. The van der Waals surface area contributed by atoms with Crippen LogP contribution in [0.4, 0.5) is 40.6 Å². The monoisotopic (exact) mass is 714 g/mol. The third-order valence-electron chi connectivity index (χ3n) is 6.04. The molecular weight excluding hydrogens is 687 g/mol. The summed E-state index contributed by atoms with van der Waals surface area (Å²) in [6.45, 7) is 3.81. The summed E-state index contributed by atoms with van der Waals surface area (Å²) in [6, 6.07) is 25.9. The highest BCUT2D eigenvalue weighted by Gasteiger charge is 2.07. The van der Waals surface area contributed by atoms with Gasteiger partial charge in [-0.05, 0) is 60.8 Å². The van der Waals surface area contributed by atoms with Crippen molar-refractivity contribution in [2.24, 2.45) is 0 Å². The van der Waals surface area contributed by atoms with E-state index >= 15 is 0 Å². The van der Waals surface area contributed by atoms with Crippen molar-refractivity contribution in [3.05, 3.63) is 111 Å². The number of nitrogens with zero attached hydrogens (tertiary/aromatic N) is 8. The summed E-state index contributed by atoms with van der Waals surface area (Å²) >= 11 is 17.4. The van der Waals surface area contributed by atoms with Gasteiger partial charge in [0.1, 0.15) is 21.9 Å². The fourth-order valence-electron chi connectivity index (χ4n) is 3.87. The summed E-state index contributed by atoms with van der Waals surface area (Å²) in [6.07, 6.45) is 0.839. The minimum Gasteiger partial charge on any atom is -0.399 e. The molecule has 0 spiro atoms. The first-order chi connectivity index (χ1) is 23.6. The molecule has 2 aromatic carbocycles. The lowest BCUT2D eigenvalue weighted by Gasteiger charge is -2.08. The summed E-state index contributed by atoms with van der Waals surface area (Å²) < 4.78 is 0. The Bertz CT molecular complexity index is 2030. The zero-order valence-corrected chi connectivity index (χ0v) is 28.4. The molecule has 0 bridgehead atoms. The lowest BCUT2D eigenvalue weighted by Crippen LogP contribution is -2.01. The van der Waals surface area contributed by atoms with E-state index < -0.39 is 0 Å². The quantitative estimate of drug-likeness (QED) is 0.0509. The third kappa shape index (κ3) is 12.3. The van der Waals surface area contributed by atoms with Crippen LogP contribution in [0.2, 0.25) is 15.6 Å². The molecule has 248 valence electrons. The Morgan fingerprint density at radius 2 is 1.12 bits per heavy atom. The van der Waals surface area contributed by atoms with Crippen LogP contribution in [-0.4, -0.2) is 40.3 Å². The largest absolute Gasteiger partial charge is 0.399 e. The van der Waals surface area contributed by atoms with Gasteiger partial charge in [0.15, 0.2) is 11.6 Å². The summed E-state index contributed by atoms with van der Waals surface area (Å²) in [5, 5.41) is 40.5. The number of nitrogens with one attached hydrogen (secondary N) is 5. The molecule has 4 heterocycles. The van der Waals surface area contributed by atoms with E-state index in [0.29, 0.717) is 47.2 Å². The zero-order valence-electron chi connectivity index (χ0n) is 26.1. The van der Waals surface area contributed by atoms with Crippen LogP contribution < -0.4 is 21.7 Å². The highest BCUT2D eigenvalue weighted by Crippen LogP contribution is 2.22. The number of rotatable bonds is 8. The van der Waals surface area contributed by atoms with Crippen LogP contribution >= 0.6 is 34.8 Å². The number of hydrogen-bond donors (Lipinski definition) is 6. The van der Waals surface area contributed by atoms with E-state index in [4.69, 9.17) is 51.1 Å². The fraction of sp³-hybridized carbons (Fsp3) is 0.125. The first-order valence-electron chi connectivity index (χ1n) is 14.4. The van der Waals surface area contributed by atoms with E-state index in [9.17, 15) is 0 Å². The molecular formula is C32H29Cl3N14. The molecule has 14 nitrogen and oxygen atoms in total. The van der Waals surface area contributed by atoms with E-state index in [0.717, 1.165) is 33.9 Å². The molecule has 0 saturated carbocycles. The predicted molar refractivity (Wildman–Crippen MR) is 192 cm³/mol. The van der Waals surface area contributed by atoms with Gasteiger partial charge in [-0.2, -0.15) is 25.7 Å². The van der Waals surface area contributed by atoms with Gasteiger partial charge in [-0.3, -0.25) is 10.2 Å². The second-order valence-electron chi connectivity index (χ2n) is 10.1. The molecule has 6 rings (SSSR count). The second-order valence-corrected chi connectivity index (χ2v) is 11.2. The van der Waals surface area contributed by atoms with Gasteiger partial charge < -0.3 is 21.7 Å². The molecule has 0 radical (unpaired) electrons. The standard InChI is InChI=1S/C16H14ClN7.C8H7Cl2N5.C8H8N2/c1-10-8-15(24-23-10)21-14-9-13(17)20-16(22-14)19-12-4-2-11(3-5-12)6-7-18;1-4-2-7(15-14-4)12-6-3-5(9)11-8(10)13-6;9-6-5-7-1-3-8(10)4-2-7/h2-5,8-9H,6H2,1H3,(H3,19,20,21,22,23,24);2-3H,1H3,(H2,11,12,13,14,15);1-4H,5,10H2. The Labute approximate surface area is 296 Å². The highest BCUT2D eigenvalue weighted by molar-refractivity contribution is 6.32. The first kappa shape index (κ1) is 35.9. The van der Waals surface area contributed by atoms with Crippen molar-refractivity contribution in [1.82, 2.24) is 40.3 Å². The fourth-order valence-corrected chi connectivity index (χ4v) is 4.46. The number of hydrogen-bond acceptors (Lipinski definition) is 12. The molecule has 17 heteroatoms. The van der Waals surface area contributed by atoms with Crippen molar-refractivity contribution < 1.29 is 0 Å². The van der Waals surface area contributed by atoms with Crippen LogP contribution in [0.25, 0.3) is 0 Å². The Morgan fingerprint density at radius 1 is 0.633 bits per heavy atom. The molecule has 0 atom stereocenters. The molecule has 6 aromatic rings. The van der Waals surface area contributed by atoms with Gasteiger partial charge >= 0.3 is 0 Å². The Hall–Kier alpha value is -5.93. The number of nitrogen functional groups attached to an aromatic ring is 1. The van der Waals surface area contributed by atoms with Crippen LogP contribution in [0.5, 0.6) is 0 Å². The van der Waals surface area contributed by atoms with Crippen molar-refractivity contribution in [3.63, 3.8) is 0 Å². The molecule has 0 unspecified atom stereocenters.